The summed E-state index contributed by atoms with van der Waals surface area (Å²) >= 11 is 0. The van der Waals surface area contributed by atoms with Gasteiger partial charge >= 0.3 is 0 Å². The van der Waals surface area contributed by atoms with Crippen LogP contribution in [0.15, 0.2) is 11.6 Å². The molecule has 2 heterocycles. The Hall–Kier alpha value is -0.910. The van der Waals surface area contributed by atoms with Gasteiger partial charge in [0.2, 0.25) is 0 Å². The zero-order valence-corrected chi connectivity index (χ0v) is 27.8. The van der Waals surface area contributed by atoms with Crippen molar-refractivity contribution in [2.75, 3.05) is 6.61 Å². The molecule has 0 spiro atoms. The van der Waals surface area contributed by atoms with Gasteiger partial charge in [0.05, 0.1) is 35.1 Å². The van der Waals surface area contributed by atoms with Crippen molar-refractivity contribution >= 4 is 5.78 Å². The molecule has 9 nitrogen and oxygen atoms in total. The summed E-state index contributed by atoms with van der Waals surface area (Å²) in [6.45, 7) is 14.0. The van der Waals surface area contributed by atoms with Gasteiger partial charge in [-0.1, -0.05) is 13.8 Å². The van der Waals surface area contributed by atoms with Crippen LogP contribution < -0.4 is 0 Å². The van der Waals surface area contributed by atoms with Gasteiger partial charge in [-0.3, -0.25) is 4.79 Å². The van der Waals surface area contributed by atoms with Crippen LogP contribution in [0, 0.1) is 28.6 Å². The largest absolute Gasteiger partial charge is 0.390 e. The third kappa shape index (κ3) is 5.16. The van der Waals surface area contributed by atoms with E-state index in [1.54, 1.807) is 13.0 Å². The first kappa shape index (κ1) is 33.0. The van der Waals surface area contributed by atoms with Gasteiger partial charge in [0.1, 0.15) is 6.10 Å². The van der Waals surface area contributed by atoms with Gasteiger partial charge < -0.3 is 39.4 Å². The lowest BCUT2D eigenvalue weighted by Crippen LogP contribution is -2.63. The predicted molar refractivity (Wildman–Crippen MR) is 162 cm³/mol. The molecule has 3 saturated carbocycles. The molecule has 0 radical (unpaired) electrons. The van der Waals surface area contributed by atoms with Gasteiger partial charge in [0.15, 0.2) is 17.9 Å². The fraction of sp³-hybridized carbons (Fsp3) is 0.914. The van der Waals surface area contributed by atoms with Gasteiger partial charge in [-0.2, -0.15) is 0 Å². The second kappa shape index (κ2) is 10.8. The number of carbonyl (C=O) groups excluding carboxylic acids is 1. The molecular formula is C35H56O9. The molecule has 4 N–H and O–H groups in total. The highest BCUT2D eigenvalue weighted by Gasteiger charge is 2.70. The van der Waals surface area contributed by atoms with Crippen LogP contribution in [-0.2, 0) is 23.7 Å². The van der Waals surface area contributed by atoms with Gasteiger partial charge in [-0.15, -0.1) is 0 Å². The Labute approximate surface area is 262 Å². The van der Waals surface area contributed by atoms with Crippen molar-refractivity contribution in [3.63, 3.8) is 0 Å². The maximum atomic E-state index is 13.8. The molecule has 1 unspecified atom stereocenters. The van der Waals surface area contributed by atoms with Crippen molar-refractivity contribution in [1.29, 1.82) is 0 Å². The van der Waals surface area contributed by atoms with Crippen molar-refractivity contribution in [1.82, 2.24) is 0 Å². The molecule has 9 heteroatoms. The number of aliphatic hydroxyl groups excluding tert-OH is 2. The van der Waals surface area contributed by atoms with Crippen molar-refractivity contribution in [2.45, 2.75) is 166 Å². The summed E-state index contributed by atoms with van der Waals surface area (Å²) in [5, 5.41) is 47.4. The fourth-order valence-corrected chi connectivity index (χ4v) is 10.7. The molecule has 0 amide bonds. The minimum Gasteiger partial charge on any atom is -0.390 e. The first-order valence-corrected chi connectivity index (χ1v) is 17.0. The minimum absolute atomic E-state index is 0.00991. The first-order chi connectivity index (χ1) is 20.3. The zero-order valence-electron chi connectivity index (χ0n) is 27.8. The van der Waals surface area contributed by atoms with Crippen molar-refractivity contribution < 1.29 is 44.2 Å². The summed E-state index contributed by atoms with van der Waals surface area (Å²) in [6, 6.07) is 0. The predicted octanol–water partition coefficient (Wildman–Crippen LogP) is 4.17. The van der Waals surface area contributed by atoms with Gasteiger partial charge in [0.25, 0.3) is 0 Å². The Morgan fingerprint density at radius 3 is 2.39 bits per heavy atom. The molecule has 0 bridgehead atoms. The zero-order chi connectivity index (χ0) is 32.1. The lowest BCUT2D eigenvalue weighted by Gasteiger charge is -2.60. The lowest BCUT2D eigenvalue weighted by molar-refractivity contribution is -0.232. The monoisotopic (exact) mass is 620 g/mol. The summed E-state index contributed by atoms with van der Waals surface area (Å²) in [5.41, 5.74) is -4.15. The van der Waals surface area contributed by atoms with E-state index in [4.69, 9.17) is 18.9 Å². The van der Waals surface area contributed by atoms with Crippen LogP contribution in [0.2, 0.25) is 0 Å². The highest BCUT2D eigenvalue weighted by atomic mass is 16.8. The van der Waals surface area contributed by atoms with Crippen LogP contribution in [0.25, 0.3) is 0 Å². The molecule has 0 aromatic rings. The summed E-state index contributed by atoms with van der Waals surface area (Å²) in [6.07, 6.45) is 4.96. The molecule has 44 heavy (non-hydrogen) atoms. The van der Waals surface area contributed by atoms with Crippen LogP contribution in [0.5, 0.6) is 0 Å². The Morgan fingerprint density at radius 1 is 1.00 bits per heavy atom. The standard InChI is InChI=1S/C35H56O9/c1-30(2,44-28-10-8-9-15-41-28)18-24(37)29(38)34(7,39)27-12-14-35(40)21-16-23(36)22-17-25-26(43-31(3,4)42-25)19-32(22,5)20(21)11-13-33(27,35)6/h16,20,22,24-29,37-40H,8-15,17-19H2,1-7H3/t20-,22-,24-,25+,26-,27-,28?,29+,32+,33+,34+,35+/m0/s1. The van der Waals surface area contributed by atoms with Gasteiger partial charge in [-0.25, -0.2) is 0 Å². The van der Waals surface area contributed by atoms with E-state index < -0.39 is 46.1 Å². The fourth-order valence-electron chi connectivity index (χ4n) is 10.7. The number of hydrogen-bond donors (Lipinski definition) is 4. The highest BCUT2D eigenvalue weighted by molar-refractivity contribution is 5.95. The van der Waals surface area contributed by atoms with Gasteiger partial charge in [0, 0.05) is 24.4 Å². The maximum Gasteiger partial charge on any atom is 0.163 e. The molecule has 2 aliphatic heterocycles. The Balaban J connectivity index is 1.21. The SMILES string of the molecule is CC(C)(C[C@H](O)[C@@H](O)[C@](C)(O)[C@H]1CC[C@@]2(O)C3=CC(=O)[C@@H]4C[C@H]5OC(C)(C)O[C@H]5C[C@]4(C)[C@H]3CC[C@]12C)OC1CCCCO1. The smallest absolute Gasteiger partial charge is 0.163 e. The van der Waals surface area contributed by atoms with Crippen LogP contribution in [0.3, 0.4) is 0 Å². The van der Waals surface area contributed by atoms with Crippen molar-refractivity contribution in [2.24, 2.45) is 28.6 Å². The number of fused-ring (bicyclic) bond motifs is 6. The van der Waals surface area contributed by atoms with Crippen LogP contribution in [-0.4, -0.2) is 86.1 Å². The van der Waals surface area contributed by atoms with E-state index in [9.17, 15) is 25.2 Å². The third-order valence-electron chi connectivity index (χ3n) is 12.9. The van der Waals surface area contributed by atoms with Crippen LogP contribution in [0.1, 0.15) is 113 Å². The molecule has 4 aliphatic carbocycles. The van der Waals surface area contributed by atoms with E-state index in [-0.39, 0.29) is 48.0 Å². The Bertz CT molecular complexity index is 1160. The topological polar surface area (TPSA) is 135 Å². The number of aliphatic hydroxyl groups is 4. The minimum atomic E-state index is -1.69. The molecule has 2 saturated heterocycles. The number of ketones is 1. The van der Waals surface area contributed by atoms with E-state index in [0.29, 0.717) is 38.7 Å². The third-order valence-corrected chi connectivity index (χ3v) is 12.9. The van der Waals surface area contributed by atoms with Crippen LogP contribution >= 0.6 is 0 Å². The number of ether oxygens (including phenoxy) is 4. The van der Waals surface area contributed by atoms with E-state index in [0.717, 1.165) is 31.3 Å². The Morgan fingerprint density at radius 2 is 1.70 bits per heavy atom. The number of rotatable bonds is 7. The number of carbonyl (C=O) groups is 1. The van der Waals surface area contributed by atoms with Crippen molar-refractivity contribution in [3.8, 4) is 0 Å². The Kier molecular flexibility index (Phi) is 8.11. The van der Waals surface area contributed by atoms with E-state index in [1.807, 2.05) is 34.6 Å². The van der Waals surface area contributed by atoms with E-state index >= 15 is 0 Å². The molecular weight excluding hydrogens is 564 g/mol. The summed E-state index contributed by atoms with van der Waals surface area (Å²) in [7, 11) is 0. The maximum absolute atomic E-state index is 13.8. The van der Waals surface area contributed by atoms with Crippen LogP contribution in [0.4, 0.5) is 0 Å². The molecule has 5 fully saturated rings. The first-order valence-electron chi connectivity index (χ1n) is 17.0. The molecule has 12 atom stereocenters. The number of allylic oxidation sites excluding steroid dienone is 1. The number of hydrogen-bond acceptors (Lipinski definition) is 9. The lowest BCUT2D eigenvalue weighted by atomic mass is 9.45. The normalized spacial score (nSPS) is 46.2. The second-order valence-corrected chi connectivity index (χ2v) is 16.8. The van der Waals surface area contributed by atoms with Gasteiger partial charge in [-0.05, 0) is 121 Å². The molecule has 0 aromatic carbocycles. The van der Waals surface area contributed by atoms with E-state index in [1.165, 1.54) is 0 Å². The summed E-state index contributed by atoms with van der Waals surface area (Å²) in [4.78, 5) is 13.8. The van der Waals surface area contributed by atoms with Crippen molar-refractivity contribution in [3.05, 3.63) is 11.6 Å². The summed E-state index contributed by atoms with van der Waals surface area (Å²) < 4.78 is 24.3. The summed E-state index contributed by atoms with van der Waals surface area (Å²) in [5.74, 6) is -1.32. The molecule has 6 rings (SSSR count). The average molecular weight is 621 g/mol. The second-order valence-electron chi connectivity index (χ2n) is 16.8. The molecule has 250 valence electrons. The molecule has 0 aromatic heterocycles. The molecule has 6 aliphatic rings. The highest BCUT2D eigenvalue weighted by Crippen LogP contribution is 2.69. The quantitative estimate of drug-likeness (QED) is 0.331. The van der Waals surface area contributed by atoms with E-state index in [2.05, 4.69) is 6.92 Å². The average Bonchev–Trinajstić information content (AvgIpc) is 3.38.